The minimum absolute atomic E-state index is 0.0567. The highest BCUT2D eigenvalue weighted by Gasteiger charge is 2.37. The zero-order chi connectivity index (χ0) is 20.8. The molecule has 1 aliphatic heterocycles. The molecule has 3 heteroatoms. The molecule has 0 saturated carbocycles. The molecule has 0 aliphatic carbocycles. The van der Waals surface area contributed by atoms with Gasteiger partial charge in [-0.05, 0) is 62.5 Å². The quantitative estimate of drug-likeness (QED) is 0.665. The first-order valence-corrected chi connectivity index (χ1v) is 10.4. The Morgan fingerprint density at radius 1 is 0.963 bits per heavy atom. The standard InChI is InChI=1S/C24H42N2O/c1-21(2,3)17-11-16(20(27)19(12-17)22(4,5)6)15-25-18-13-23(7,8)26-24(9,10)14-18/h11-12,18,25-27H,13-15H2,1-10H3. The van der Waals surface area contributed by atoms with E-state index in [9.17, 15) is 5.11 Å². The fourth-order valence-corrected chi connectivity index (χ4v) is 4.55. The molecule has 0 spiro atoms. The molecule has 1 heterocycles. The lowest BCUT2D eigenvalue weighted by atomic mass is 9.78. The van der Waals surface area contributed by atoms with E-state index < -0.39 is 0 Å². The van der Waals surface area contributed by atoms with Crippen molar-refractivity contribution in [3.05, 3.63) is 28.8 Å². The number of hydrogen-bond donors (Lipinski definition) is 3. The van der Waals surface area contributed by atoms with E-state index >= 15 is 0 Å². The van der Waals surface area contributed by atoms with Crippen LogP contribution in [-0.4, -0.2) is 22.2 Å². The summed E-state index contributed by atoms with van der Waals surface area (Å²) in [5.41, 5.74) is 3.54. The van der Waals surface area contributed by atoms with Gasteiger partial charge in [-0.3, -0.25) is 0 Å². The number of benzene rings is 1. The summed E-state index contributed by atoms with van der Waals surface area (Å²) < 4.78 is 0. The molecule has 0 unspecified atom stereocenters. The molecule has 154 valence electrons. The van der Waals surface area contributed by atoms with Gasteiger partial charge in [0.05, 0.1) is 0 Å². The van der Waals surface area contributed by atoms with E-state index in [1.54, 1.807) is 0 Å². The molecule has 27 heavy (non-hydrogen) atoms. The van der Waals surface area contributed by atoms with Crippen LogP contribution in [0, 0.1) is 0 Å². The fourth-order valence-electron chi connectivity index (χ4n) is 4.55. The topological polar surface area (TPSA) is 44.3 Å². The molecule has 0 radical (unpaired) electrons. The molecule has 2 rings (SSSR count). The van der Waals surface area contributed by atoms with Crippen molar-refractivity contribution in [1.29, 1.82) is 0 Å². The number of nitrogens with one attached hydrogen (secondary N) is 2. The van der Waals surface area contributed by atoms with Gasteiger partial charge >= 0.3 is 0 Å². The summed E-state index contributed by atoms with van der Waals surface area (Å²) in [7, 11) is 0. The van der Waals surface area contributed by atoms with Crippen LogP contribution in [0.25, 0.3) is 0 Å². The third-order valence-electron chi connectivity index (χ3n) is 5.63. The molecule has 1 aromatic carbocycles. The second kappa shape index (κ2) is 7.08. The van der Waals surface area contributed by atoms with Gasteiger partial charge < -0.3 is 15.7 Å². The van der Waals surface area contributed by atoms with Gasteiger partial charge in [-0.1, -0.05) is 53.7 Å². The van der Waals surface area contributed by atoms with Crippen LogP contribution < -0.4 is 10.6 Å². The first-order chi connectivity index (χ1) is 12.0. The van der Waals surface area contributed by atoms with Crippen LogP contribution in [0.2, 0.25) is 0 Å². The summed E-state index contributed by atoms with van der Waals surface area (Å²) >= 11 is 0. The summed E-state index contributed by atoms with van der Waals surface area (Å²) in [6, 6.07) is 4.82. The van der Waals surface area contributed by atoms with Crippen LogP contribution >= 0.6 is 0 Å². The highest BCUT2D eigenvalue weighted by molar-refractivity contribution is 5.48. The van der Waals surface area contributed by atoms with E-state index in [1.165, 1.54) is 5.56 Å². The first-order valence-electron chi connectivity index (χ1n) is 10.4. The normalized spacial score (nSPS) is 20.7. The third kappa shape index (κ3) is 5.71. The second-order valence-electron chi connectivity index (χ2n) is 11.9. The Balaban J connectivity index is 2.30. The second-order valence-corrected chi connectivity index (χ2v) is 11.9. The van der Waals surface area contributed by atoms with Crippen LogP contribution in [0.15, 0.2) is 12.1 Å². The summed E-state index contributed by atoms with van der Waals surface area (Å²) in [6.07, 6.45) is 2.17. The van der Waals surface area contributed by atoms with Crippen LogP contribution in [-0.2, 0) is 17.4 Å². The predicted molar refractivity (Wildman–Crippen MR) is 117 cm³/mol. The van der Waals surface area contributed by atoms with Crippen molar-refractivity contribution in [2.45, 2.75) is 117 Å². The average molecular weight is 375 g/mol. The number of piperidine rings is 1. The summed E-state index contributed by atoms with van der Waals surface area (Å²) in [5.74, 6) is 0.454. The first kappa shape index (κ1) is 22.2. The van der Waals surface area contributed by atoms with Crippen LogP contribution in [0.1, 0.15) is 98.8 Å². The van der Waals surface area contributed by atoms with Gasteiger partial charge in [-0.25, -0.2) is 0 Å². The molecule has 0 amide bonds. The summed E-state index contributed by atoms with van der Waals surface area (Å²) in [4.78, 5) is 0. The maximum Gasteiger partial charge on any atom is 0.123 e. The van der Waals surface area contributed by atoms with Crippen molar-refractivity contribution in [2.75, 3.05) is 0 Å². The lowest BCUT2D eigenvalue weighted by Gasteiger charge is -2.46. The van der Waals surface area contributed by atoms with Gasteiger partial charge in [0.25, 0.3) is 0 Å². The molecular formula is C24H42N2O. The lowest BCUT2D eigenvalue weighted by molar-refractivity contribution is 0.145. The Labute approximate surface area is 167 Å². The number of hydrogen-bond acceptors (Lipinski definition) is 3. The minimum atomic E-state index is -0.0845. The number of phenolic OH excluding ortho intramolecular Hbond substituents is 1. The van der Waals surface area contributed by atoms with E-state index in [4.69, 9.17) is 0 Å². The zero-order valence-electron chi connectivity index (χ0n) is 19.3. The maximum absolute atomic E-state index is 11.0. The number of rotatable bonds is 3. The fraction of sp³-hybridized carbons (Fsp3) is 0.750. The van der Waals surface area contributed by atoms with E-state index in [-0.39, 0.29) is 21.9 Å². The Hall–Kier alpha value is -1.06. The highest BCUT2D eigenvalue weighted by atomic mass is 16.3. The molecule has 1 saturated heterocycles. The van der Waals surface area contributed by atoms with Crippen molar-refractivity contribution in [3.63, 3.8) is 0 Å². The van der Waals surface area contributed by atoms with Crippen LogP contribution in [0.4, 0.5) is 0 Å². The SMILES string of the molecule is CC1(C)CC(NCc2cc(C(C)(C)C)cc(C(C)(C)C)c2O)CC(C)(C)N1. The molecule has 1 fully saturated rings. The highest BCUT2D eigenvalue weighted by Crippen LogP contribution is 2.38. The van der Waals surface area contributed by atoms with Crippen LogP contribution in [0.5, 0.6) is 5.75 Å². The van der Waals surface area contributed by atoms with Crippen molar-refractivity contribution in [2.24, 2.45) is 0 Å². The summed E-state index contributed by atoms with van der Waals surface area (Å²) in [5, 5.41) is 18.5. The minimum Gasteiger partial charge on any atom is -0.507 e. The third-order valence-corrected chi connectivity index (χ3v) is 5.63. The van der Waals surface area contributed by atoms with Gasteiger partial charge in [0, 0.05) is 29.2 Å². The number of aromatic hydroxyl groups is 1. The Bertz CT molecular complexity index is 659. The van der Waals surface area contributed by atoms with Crippen molar-refractivity contribution < 1.29 is 5.11 Å². The van der Waals surface area contributed by atoms with E-state index in [2.05, 4.69) is 92.0 Å². The largest absolute Gasteiger partial charge is 0.507 e. The van der Waals surface area contributed by atoms with E-state index in [0.29, 0.717) is 18.3 Å². The van der Waals surface area contributed by atoms with Crippen molar-refractivity contribution >= 4 is 0 Å². The lowest BCUT2D eigenvalue weighted by Crippen LogP contribution is -2.61. The predicted octanol–water partition coefficient (Wildman–Crippen LogP) is 5.39. The van der Waals surface area contributed by atoms with Crippen molar-refractivity contribution in [1.82, 2.24) is 10.6 Å². The molecule has 1 aromatic rings. The Kier molecular flexibility index (Phi) is 5.83. The molecule has 1 aliphatic rings. The van der Waals surface area contributed by atoms with Crippen molar-refractivity contribution in [3.8, 4) is 5.75 Å². The van der Waals surface area contributed by atoms with E-state index in [1.807, 2.05) is 0 Å². The van der Waals surface area contributed by atoms with Gasteiger partial charge in [-0.2, -0.15) is 0 Å². The Morgan fingerprint density at radius 3 is 1.93 bits per heavy atom. The van der Waals surface area contributed by atoms with Gasteiger partial charge in [-0.15, -0.1) is 0 Å². The van der Waals surface area contributed by atoms with E-state index in [0.717, 1.165) is 24.0 Å². The molecule has 3 nitrogen and oxygen atoms in total. The van der Waals surface area contributed by atoms with Gasteiger partial charge in [0.15, 0.2) is 0 Å². The monoisotopic (exact) mass is 374 g/mol. The molecule has 0 aromatic heterocycles. The molecule has 0 atom stereocenters. The van der Waals surface area contributed by atoms with Crippen LogP contribution in [0.3, 0.4) is 0 Å². The summed E-state index contributed by atoms with van der Waals surface area (Å²) in [6.45, 7) is 23.0. The number of phenols is 1. The zero-order valence-corrected chi connectivity index (χ0v) is 19.3. The average Bonchev–Trinajstić information content (AvgIpc) is 2.40. The smallest absolute Gasteiger partial charge is 0.123 e. The molecular weight excluding hydrogens is 332 g/mol. The molecule has 0 bridgehead atoms. The molecule has 3 N–H and O–H groups in total. The van der Waals surface area contributed by atoms with Gasteiger partial charge in [0.1, 0.15) is 5.75 Å². The van der Waals surface area contributed by atoms with Gasteiger partial charge in [0.2, 0.25) is 0 Å². The Morgan fingerprint density at radius 2 is 1.48 bits per heavy atom. The maximum atomic E-state index is 11.0.